The Balaban J connectivity index is 2.02. The van der Waals surface area contributed by atoms with Gasteiger partial charge in [0.15, 0.2) is 0 Å². The van der Waals surface area contributed by atoms with Gasteiger partial charge in [-0.1, -0.05) is 0 Å². The molecule has 1 aromatic rings. The maximum atomic E-state index is 12.7. The first-order valence-electron chi connectivity index (χ1n) is 7.80. The van der Waals surface area contributed by atoms with E-state index in [1.54, 1.807) is 46.3 Å². The summed E-state index contributed by atoms with van der Waals surface area (Å²) in [5.74, 6) is 1.15. The van der Waals surface area contributed by atoms with Gasteiger partial charge in [-0.15, -0.1) is 0 Å². The van der Waals surface area contributed by atoms with Crippen molar-refractivity contribution >= 4 is 5.91 Å². The van der Waals surface area contributed by atoms with E-state index in [0.29, 0.717) is 36.7 Å². The van der Waals surface area contributed by atoms with Crippen LogP contribution in [-0.2, 0) is 0 Å². The number of rotatable bonds is 5. The first kappa shape index (κ1) is 17.6. The number of carbonyl (C=O) groups excluding carboxylic acids is 1. The van der Waals surface area contributed by atoms with Crippen LogP contribution in [-0.4, -0.2) is 73.4 Å². The highest BCUT2D eigenvalue weighted by molar-refractivity contribution is 5.97. The van der Waals surface area contributed by atoms with Crippen molar-refractivity contribution in [1.29, 1.82) is 0 Å². The average Bonchev–Trinajstić information content (AvgIpc) is 2.52. The highest BCUT2D eigenvalue weighted by atomic mass is 16.5. The fourth-order valence-corrected chi connectivity index (χ4v) is 2.80. The summed E-state index contributed by atoms with van der Waals surface area (Å²) in [4.78, 5) is 16.7. The molecule has 2 rings (SSSR count). The SMILES string of the molecule is COc1ccc(C(=O)N2CCN(CC(C)(C)O)CC2)c(OC)c1. The number of benzene rings is 1. The number of piperazine rings is 1. The predicted molar refractivity (Wildman–Crippen MR) is 88.2 cm³/mol. The molecule has 6 heteroatoms. The molecule has 0 aromatic heterocycles. The first-order valence-corrected chi connectivity index (χ1v) is 7.80. The van der Waals surface area contributed by atoms with Crippen LogP contribution in [0.1, 0.15) is 24.2 Å². The lowest BCUT2D eigenvalue weighted by atomic mass is 10.1. The quantitative estimate of drug-likeness (QED) is 0.883. The van der Waals surface area contributed by atoms with Crippen molar-refractivity contribution in [2.45, 2.75) is 19.4 Å². The van der Waals surface area contributed by atoms with Gasteiger partial charge in [0, 0.05) is 38.8 Å². The third-order valence-corrected chi connectivity index (χ3v) is 3.91. The van der Waals surface area contributed by atoms with E-state index in [1.165, 1.54) is 0 Å². The molecule has 23 heavy (non-hydrogen) atoms. The second kappa shape index (κ2) is 7.19. The molecule has 0 atom stereocenters. The van der Waals surface area contributed by atoms with Gasteiger partial charge < -0.3 is 19.5 Å². The van der Waals surface area contributed by atoms with Crippen LogP contribution in [0.2, 0.25) is 0 Å². The second-order valence-corrected chi connectivity index (χ2v) is 6.45. The molecule has 0 bridgehead atoms. The smallest absolute Gasteiger partial charge is 0.257 e. The highest BCUT2D eigenvalue weighted by Gasteiger charge is 2.26. The number of methoxy groups -OCH3 is 2. The van der Waals surface area contributed by atoms with Gasteiger partial charge in [-0.05, 0) is 26.0 Å². The lowest BCUT2D eigenvalue weighted by Gasteiger charge is -2.37. The molecule has 6 nitrogen and oxygen atoms in total. The summed E-state index contributed by atoms with van der Waals surface area (Å²) in [5.41, 5.74) is -0.171. The van der Waals surface area contributed by atoms with Crippen LogP contribution in [0.25, 0.3) is 0 Å². The van der Waals surface area contributed by atoms with E-state index >= 15 is 0 Å². The Kier molecular flexibility index (Phi) is 5.49. The molecule has 1 amide bonds. The van der Waals surface area contributed by atoms with Crippen LogP contribution in [0.15, 0.2) is 18.2 Å². The van der Waals surface area contributed by atoms with Gasteiger partial charge in [0.25, 0.3) is 5.91 Å². The van der Waals surface area contributed by atoms with Crippen LogP contribution >= 0.6 is 0 Å². The zero-order chi connectivity index (χ0) is 17.0. The van der Waals surface area contributed by atoms with Gasteiger partial charge >= 0.3 is 0 Å². The third kappa shape index (κ3) is 4.59. The monoisotopic (exact) mass is 322 g/mol. The molecule has 0 unspecified atom stereocenters. The van der Waals surface area contributed by atoms with Gasteiger partial charge in [-0.2, -0.15) is 0 Å². The summed E-state index contributed by atoms with van der Waals surface area (Å²) < 4.78 is 10.5. The molecule has 1 N–H and O–H groups in total. The van der Waals surface area contributed by atoms with Gasteiger partial charge in [0.2, 0.25) is 0 Å². The molecule has 0 spiro atoms. The van der Waals surface area contributed by atoms with E-state index in [1.807, 2.05) is 4.90 Å². The Hall–Kier alpha value is -1.79. The molecule has 1 aliphatic heterocycles. The fraction of sp³-hybridized carbons (Fsp3) is 0.588. The van der Waals surface area contributed by atoms with E-state index in [9.17, 15) is 9.90 Å². The van der Waals surface area contributed by atoms with Gasteiger partial charge in [0.05, 0.1) is 25.4 Å². The van der Waals surface area contributed by atoms with Gasteiger partial charge in [-0.3, -0.25) is 9.69 Å². The van der Waals surface area contributed by atoms with Crippen molar-refractivity contribution in [2.24, 2.45) is 0 Å². The van der Waals surface area contributed by atoms with Crippen molar-refractivity contribution in [1.82, 2.24) is 9.80 Å². The molecule has 0 aliphatic carbocycles. The molecule has 1 aromatic carbocycles. The van der Waals surface area contributed by atoms with E-state index < -0.39 is 5.60 Å². The summed E-state index contributed by atoms with van der Waals surface area (Å²) >= 11 is 0. The molecule has 0 radical (unpaired) electrons. The Morgan fingerprint density at radius 1 is 1.17 bits per heavy atom. The third-order valence-electron chi connectivity index (χ3n) is 3.91. The molecular weight excluding hydrogens is 296 g/mol. The number of ether oxygens (including phenoxy) is 2. The largest absolute Gasteiger partial charge is 0.497 e. The van der Waals surface area contributed by atoms with Crippen LogP contribution in [0, 0.1) is 0 Å². The zero-order valence-electron chi connectivity index (χ0n) is 14.3. The number of hydrogen-bond donors (Lipinski definition) is 1. The minimum atomic E-state index is -0.717. The van der Waals surface area contributed by atoms with Crippen molar-refractivity contribution in [3.05, 3.63) is 23.8 Å². The summed E-state index contributed by atoms with van der Waals surface area (Å²) in [7, 11) is 3.13. The van der Waals surface area contributed by atoms with E-state index in [0.717, 1.165) is 13.1 Å². The Morgan fingerprint density at radius 3 is 2.35 bits per heavy atom. The Morgan fingerprint density at radius 2 is 1.83 bits per heavy atom. The van der Waals surface area contributed by atoms with Crippen molar-refractivity contribution in [3.63, 3.8) is 0 Å². The summed E-state index contributed by atoms with van der Waals surface area (Å²) in [6.07, 6.45) is 0. The maximum Gasteiger partial charge on any atom is 0.257 e. The molecule has 0 saturated carbocycles. The van der Waals surface area contributed by atoms with E-state index in [2.05, 4.69) is 4.90 Å². The molecule has 1 saturated heterocycles. The highest BCUT2D eigenvalue weighted by Crippen LogP contribution is 2.26. The molecule has 1 heterocycles. The summed E-state index contributed by atoms with van der Waals surface area (Å²) in [5, 5.41) is 9.89. The van der Waals surface area contributed by atoms with Crippen LogP contribution in [0.4, 0.5) is 0 Å². The van der Waals surface area contributed by atoms with Gasteiger partial charge in [0.1, 0.15) is 11.5 Å². The van der Waals surface area contributed by atoms with Crippen molar-refractivity contribution in [3.8, 4) is 11.5 Å². The first-order chi connectivity index (χ1) is 10.8. The number of hydrogen-bond acceptors (Lipinski definition) is 5. The predicted octanol–water partition coefficient (Wildman–Crippen LogP) is 1.23. The topological polar surface area (TPSA) is 62.2 Å². The number of aliphatic hydroxyl groups is 1. The molecule has 128 valence electrons. The Labute approximate surface area is 137 Å². The number of β-amino-alcohol motifs (C(OH)–C–C–N with tert-alkyl or cyclic N) is 1. The molecule has 1 fully saturated rings. The zero-order valence-corrected chi connectivity index (χ0v) is 14.3. The lowest BCUT2D eigenvalue weighted by Crippen LogP contribution is -2.52. The van der Waals surface area contributed by atoms with E-state index in [-0.39, 0.29) is 5.91 Å². The summed E-state index contributed by atoms with van der Waals surface area (Å²) in [6.45, 7) is 7.01. The average molecular weight is 322 g/mol. The van der Waals surface area contributed by atoms with Gasteiger partial charge in [-0.25, -0.2) is 0 Å². The lowest BCUT2D eigenvalue weighted by molar-refractivity contribution is 0.0178. The molecular formula is C17H26N2O4. The Bertz CT molecular complexity index is 546. The summed E-state index contributed by atoms with van der Waals surface area (Å²) in [6, 6.07) is 5.22. The van der Waals surface area contributed by atoms with E-state index in [4.69, 9.17) is 9.47 Å². The van der Waals surface area contributed by atoms with Crippen LogP contribution in [0.5, 0.6) is 11.5 Å². The minimum absolute atomic E-state index is 0.0348. The number of carbonyl (C=O) groups is 1. The van der Waals surface area contributed by atoms with Crippen molar-refractivity contribution in [2.75, 3.05) is 46.9 Å². The van der Waals surface area contributed by atoms with Crippen LogP contribution < -0.4 is 9.47 Å². The molecule has 1 aliphatic rings. The number of amides is 1. The fourth-order valence-electron chi connectivity index (χ4n) is 2.80. The standard InChI is InChI=1S/C17H26N2O4/c1-17(2,21)12-18-7-9-19(10-8-18)16(20)14-6-5-13(22-3)11-15(14)23-4/h5-6,11,21H,7-10,12H2,1-4H3. The number of nitrogens with zero attached hydrogens (tertiary/aromatic N) is 2. The minimum Gasteiger partial charge on any atom is -0.497 e. The maximum absolute atomic E-state index is 12.7. The van der Waals surface area contributed by atoms with Crippen molar-refractivity contribution < 1.29 is 19.4 Å². The normalized spacial score (nSPS) is 16.3. The second-order valence-electron chi connectivity index (χ2n) is 6.45. The van der Waals surface area contributed by atoms with Crippen LogP contribution in [0.3, 0.4) is 0 Å².